The van der Waals surface area contributed by atoms with Crippen molar-refractivity contribution in [3.05, 3.63) is 95.3 Å². The Bertz CT molecular complexity index is 1190. The lowest BCUT2D eigenvalue weighted by Gasteiger charge is -2.25. The van der Waals surface area contributed by atoms with Gasteiger partial charge in [-0.2, -0.15) is 0 Å². The van der Waals surface area contributed by atoms with Gasteiger partial charge in [-0.1, -0.05) is 18.2 Å². The fourth-order valence-corrected chi connectivity index (χ4v) is 3.92. The van der Waals surface area contributed by atoms with E-state index in [0.29, 0.717) is 29.2 Å². The summed E-state index contributed by atoms with van der Waals surface area (Å²) < 4.78 is 10.8. The van der Waals surface area contributed by atoms with E-state index in [9.17, 15) is 14.7 Å². The van der Waals surface area contributed by atoms with Gasteiger partial charge in [0, 0.05) is 24.5 Å². The summed E-state index contributed by atoms with van der Waals surface area (Å²) >= 11 is 0. The number of ether oxygens (including phenoxy) is 2. The highest BCUT2D eigenvalue weighted by molar-refractivity contribution is 6.46. The maximum Gasteiger partial charge on any atom is 0.295 e. The van der Waals surface area contributed by atoms with Crippen molar-refractivity contribution >= 4 is 17.4 Å². The van der Waals surface area contributed by atoms with Gasteiger partial charge in [0.1, 0.15) is 17.3 Å². The first kappa shape index (κ1) is 22.1. The van der Waals surface area contributed by atoms with Crippen LogP contribution in [0.4, 0.5) is 0 Å². The molecule has 1 atom stereocenters. The van der Waals surface area contributed by atoms with Crippen LogP contribution in [-0.4, -0.2) is 40.4 Å². The monoisotopic (exact) mass is 444 g/mol. The van der Waals surface area contributed by atoms with Crippen molar-refractivity contribution in [3.8, 4) is 11.5 Å². The Morgan fingerprint density at radius 3 is 2.52 bits per heavy atom. The predicted molar refractivity (Wildman–Crippen MR) is 123 cm³/mol. The Morgan fingerprint density at radius 2 is 1.85 bits per heavy atom. The second-order valence-corrected chi connectivity index (χ2v) is 7.52. The van der Waals surface area contributed by atoms with Crippen molar-refractivity contribution < 1.29 is 24.2 Å². The lowest BCUT2D eigenvalue weighted by atomic mass is 9.95. The Labute approximate surface area is 191 Å². The first-order chi connectivity index (χ1) is 16.0. The Balaban J connectivity index is 1.83. The topological polar surface area (TPSA) is 89.0 Å². The molecule has 168 valence electrons. The van der Waals surface area contributed by atoms with Crippen LogP contribution in [0.2, 0.25) is 0 Å². The molecule has 1 amide bonds. The summed E-state index contributed by atoms with van der Waals surface area (Å²) in [5, 5.41) is 11.2. The standard InChI is InChI=1S/C26H24N2O5/c1-3-33-20-11-9-18(10-12-20)24(29)22-23(19-7-4-8-21(14-19)32-2)28(26(31)25(22)30)16-17-6-5-13-27-15-17/h4-15,23,29H,3,16H2,1-2H3/b24-22-. The summed E-state index contributed by atoms with van der Waals surface area (Å²) in [6.45, 7) is 2.56. The molecule has 0 radical (unpaired) electrons. The number of pyridine rings is 1. The van der Waals surface area contributed by atoms with E-state index in [1.807, 2.05) is 13.0 Å². The van der Waals surface area contributed by atoms with Gasteiger partial charge in [-0.25, -0.2) is 0 Å². The van der Waals surface area contributed by atoms with Gasteiger partial charge >= 0.3 is 0 Å². The van der Waals surface area contributed by atoms with Crippen molar-refractivity contribution in [3.63, 3.8) is 0 Å². The molecule has 2 heterocycles. The van der Waals surface area contributed by atoms with E-state index in [2.05, 4.69) is 4.98 Å². The van der Waals surface area contributed by atoms with Crippen LogP contribution in [-0.2, 0) is 16.1 Å². The highest BCUT2D eigenvalue weighted by Gasteiger charge is 2.46. The van der Waals surface area contributed by atoms with E-state index in [-0.39, 0.29) is 17.9 Å². The highest BCUT2D eigenvalue weighted by Crippen LogP contribution is 2.41. The van der Waals surface area contributed by atoms with Crippen molar-refractivity contribution in [2.45, 2.75) is 19.5 Å². The minimum Gasteiger partial charge on any atom is -0.507 e. The number of benzene rings is 2. The van der Waals surface area contributed by atoms with Crippen molar-refractivity contribution in [1.29, 1.82) is 0 Å². The van der Waals surface area contributed by atoms with Crippen LogP contribution in [0.25, 0.3) is 5.76 Å². The first-order valence-electron chi connectivity index (χ1n) is 10.6. The lowest BCUT2D eigenvalue weighted by Crippen LogP contribution is -2.29. The van der Waals surface area contributed by atoms with E-state index in [1.54, 1.807) is 74.1 Å². The summed E-state index contributed by atoms with van der Waals surface area (Å²) in [7, 11) is 1.55. The molecule has 1 aromatic heterocycles. The van der Waals surface area contributed by atoms with Gasteiger partial charge in [-0.05, 0) is 60.5 Å². The molecule has 0 spiro atoms. The summed E-state index contributed by atoms with van der Waals surface area (Å²) in [6.07, 6.45) is 3.29. The van der Waals surface area contributed by atoms with Crippen LogP contribution >= 0.6 is 0 Å². The molecule has 0 saturated carbocycles. The third-order valence-corrected chi connectivity index (χ3v) is 5.46. The number of aliphatic hydroxyl groups excluding tert-OH is 1. The van der Waals surface area contributed by atoms with Crippen molar-refractivity contribution in [2.24, 2.45) is 0 Å². The van der Waals surface area contributed by atoms with E-state index < -0.39 is 17.7 Å². The second-order valence-electron chi connectivity index (χ2n) is 7.52. The number of nitrogens with zero attached hydrogens (tertiary/aromatic N) is 2. The van der Waals surface area contributed by atoms with E-state index >= 15 is 0 Å². The van der Waals surface area contributed by atoms with Gasteiger partial charge in [-0.3, -0.25) is 14.6 Å². The van der Waals surface area contributed by atoms with Crippen LogP contribution < -0.4 is 9.47 Å². The molecule has 4 rings (SSSR count). The summed E-state index contributed by atoms with van der Waals surface area (Å²) in [5.74, 6) is -0.425. The van der Waals surface area contributed by atoms with Crippen LogP contribution in [0.15, 0.2) is 78.6 Å². The number of amides is 1. The van der Waals surface area contributed by atoms with E-state index in [4.69, 9.17) is 9.47 Å². The van der Waals surface area contributed by atoms with Gasteiger partial charge in [0.25, 0.3) is 11.7 Å². The van der Waals surface area contributed by atoms with Crippen molar-refractivity contribution in [1.82, 2.24) is 9.88 Å². The minimum absolute atomic E-state index is 0.0290. The number of ketones is 1. The van der Waals surface area contributed by atoms with E-state index in [0.717, 1.165) is 5.56 Å². The molecule has 33 heavy (non-hydrogen) atoms. The summed E-state index contributed by atoms with van der Waals surface area (Å²) in [4.78, 5) is 31.8. The molecule has 3 aromatic rings. The maximum absolute atomic E-state index is 13.1. The molecule has 7 nitrogen and oxygen atoms in total. The largest absolute Gasteiger partial charge is 0.507 e. The number of hydrogen-bond acceptors (Lipinski definition) is 6. The zero-order chi connectivity index (χ0) is 23.4. The Morgan fingerprint density at radius 1 is 1.06 bits per heavy atom. The van der Waals surface area contributed by atoms with Crippen LogP contribution in [0.3, 0.4) is 0 Å². The average molecular weight is 444 g/mol. The highest BCUT2D eigenvalue weighted by atomic mass is 16.5. The second kappa shape index (κ2) is 9.56. The average Bonchev–Trinajstić information content (AvgIpc) is 3.10. The molecular weight excluding hydrogens is 420 g/mol. The number of carbonyl (C=O) groups is 2. The number of methoxy groups -OCH3 is 1. The molecule has 1 unspecified atom stereocenters. The fourth-order valence-electron chi connectivity index (χ4n) is 3.92. The molecule has 1 N–H and O–H groups in total. The molecule has 1 aliphatic rings. The number of likely N-dealkylation sites (tertiary alicyclic amines) is 1. The van der Waals surface area contributed by atoms with Gasteiger partial charge in [0.2, 0.25) is 0 Å². The number of hydrogen-bond donors (Lipinski definition) is 1. The van der Waals surface area contributed by atoms with Gasteiger partial charge in [-0.15, -0.1) is 0 Å². The minimum atomic E-state index is -0.785. The number of aliphatic hydroxyl groups is 1. The van der Waals surface area contributed by atoms with Gasteiger partial charge < -0.3 is 19.5 Å². The third-order valence-electron chi connectivity index (χ3n) is 5.46. The normalized spacial score (nSPS) is 17.3. The molecule has 0 bridgehead atoms. The first-order valence-corrected chi connectivity index (χ1v) is 10.6. The Kier molecular flexibility index (Phi) is 6.40. The van der Waals surface area contributed by atoms with E-state index in [1.165, 1.54) is 4.90 Å². The van der Waals surface area contributed by atoms with Crippen LogP contribution in [0, 0.1) is 0 Å². The zero-order valence-electron chi connectivity index (χ0n) is 18.4. The number of carbonyl (C=O) groups excluding carboxylic acids is 2. The van der Waals surface area contributed by atoms with Crippen LogP contribution in [0.1, 0.15) is 29.7 Å². The van der Waals surface area contributed by atoms with Crippen LogP contribution in [0.5, 0.6) is 11.5 Å². The quantitative estimate of drug-likeness (QED) is 0.335. The number of rotatable bonds is 7. The van der Waals surface area contributed by atoms with Gasteiger partial charge in [0.15, 0.2) is 0 Å². The lowest BCUT2D eigenvalue weighted by molar-refractivity contribution is -0.140. The molecule has 1 fully saturated rings. The smallest absolute Gasteiger partial charge is 0.295 e. The Hall–Kier alpha value is -4.13. The zero-order valence-corrected chi connectivity index (χ0v) is 18.4. The summed E-state index contributed by atoms with van der Waals surface area (Å²) in [5.41, 5.74) is 1.88. The van der Waals surface area contributed by atoms with Crippen molar-refractivity contribution in [2.75, 3.05) is 13.7 Å². The molecule has 0 aliphatic carbocycles. The summed E-state index contributed by atoms with van der Waals surface area (Å²) in [6, 6.07) is 16.7. The predicted octanol–water partition coefficient (Wildman–Crippen LogP) is 4.11. The molecule has 2 aromatic carbocycles. The number of aromatic nitrogens is 1. The maximum atomic E-state index is 13.1. The molecule has 1 saturated heterocycles. The SMILES string of the molecule is CCOc1ccc(/C(O)=C2/C(=O)C(=O)N(Cc3cccnc3)C2c2cccc(OC)c2)cc1. The van der Waals surface area contributed by atoms with Gasteiger partial charge in [0.05, 0.1) is 25.3 Å². The number of Topliss-reactive ketones (excluding diaryl/α,β-unsaturated/α-hetero) is 1. The fraction of sp³-hybridized carbons (Fsp3) is 0.192. The molecular formula is C26H24N2O5. The third kappa shape index (κ3) is 4.43. The molecule has 7 heteroatoms. The molecule has 1 aliphatic heterocycles.